The number of likely N-dealkylation sites (tertiary alicyclic amines) is 1. The standard InChI is InChI=1S/C29H34F6N4O2/c1-3-36(4-2)27(41)38-14-12-37(13-15-38)25-10-11-39(19-24(25)20-8-6-5-7-9-20)26(40)21-16-22(28(30,31)32)18-23(17-21)29(33,34)35/h5-9,16-18,24-25H,3-4,10-15,19H2,1-2H3/t24-,25-/m0/s1. The van der Waals surface area contributed by atoms with Crippen molar-refractivity contribution in [2.75, 3.05) is 52.4 Å². The monoisotopic (exact) mass is 584 g/mol. The van der Waals surface area contributed by atoms with E-state index in [-0.39, 0.29) is 37.1 Å². The van der Waals surface area contributed by atoms with Crippen LogP contribution in [0.15, 0.2) is 48.5 Å². The van der Waals surface area contributed by atoms with Crippen LogP contribution in [0.4, 0.5) is 31.1 Å². The van der Waals surface area contributed by atoms with Gasteiger partial charge < -0.3 is 14.7 Å². The van der Waals surface area contributed by atoms with Crippen LogP contribution in [0.3, 0.4) is 0 Å². The number of hydrogen-bond acceptors (Lipinski definition) is 3. The Hall–Kier alpha value is -3.28. The number of nitrogens with zero attached hydrogens (tertiary/aromatic N) is 4. The molecule has 12 heteroatoms. The summed E-state index contributed by atoms with van der Waals surface area (Å²) in [6.45, 7) is 7.76. The average Bonchev–Trinajstić information content (AvgIpc) is 2.96. The third-order valence-corrected chi connectivity index (χ3v) is 8.01. The lowest BCUT2D eigenvalue weighted by Gasteiger charge is -2.47. The number of piperazine rings is 1. The summed E-state index contributed by atoms with van der Waals surface area (Å²) in [5, 5.41) is 0. The van der Waals surface area contributed by atoms with Gasteiger partial charge in [-0.3, -0.25) is 9.69 Å². The number of alkyl halides is 6. The van der Waals surface area contributed by atoms with Crippen molar-refractivity contribution in [1.82, 2.24) is 19.6 Å². The van der Waals surface area contributed by atoms with Crippen LogP contribution in [-0.2, 0) is 12.4 Å². The fourth-order valence-corrected chi connectivity index (χ4v) is 5.79. The fraction of sp³-hybridized carbons (Fsp3) is 0.517. The van der Waals surface area contributed by atoms with E-state index in [2.05, 4.69) is 4.90 Å². The first-order valence-electron chi connectivity index (χ1n) is 13.7. The average molecular weight is 585 g/mol. The summed E-state index contributed by atoms with van der Waals surface area (Å²) in [5.41, 5.74) is -2.73. The zero-order valence-electron chi connectivity index (χ0n) is 23.0. The minimum Gasteiger partial charge on any atom is -0.338 e. The largest absolute Gasteiger partial charge is 0.416 e. The Labute approximate surface area is 235 Å². The van der Waals surface area contributed by atoms with Gasteiger partial charge in [0.15, 0.2) is 0 Å². The molecule has 4 rings (SSSR count). The van der Waals surface area contributed by atoms with Gasteiger partial charge in [0.25, 0.3) is 5.91 Å². The summed E-state index contributed by atoms with van der Waals surface area (Å²) in [5.74, 6) is -1.08. The van der Waals surface area contributed by atoms with E-state index in [4.69, 9.17) is 0 Å². The highest BCUT2D eigenvalue weighted by molar-refractivity contribution is 5.95. The van der Waals surface area contributed by atoms with Gasteiger partial charge in [-0.1, -0.05) is 30.3 Å². The molecule has 0 aliphatic carbocycles. The highest BCUT2D eigenvalue weighted by Crippen LogP contribution is 2.38. The smallest absolute Gasteiger partial charge is 0.338 e. The minimum atomic E-state index is -5.04. The van der Waals surface area contributed by atoms with E-state index in [1.807, 2.05) is 49.1 Å². The number of halogens is 6. The molecule has 0 aromatic heterocycles. The van der Waals surface area contributed by atoms with E-state index in [0.29, 0.717) is 57.8 Å². The van der Waals surface area contributed by atoms with Crippen LogP contribution >= 0.6 is 0 Å². The van der Waals surface area contributed by atoms with Gasteiger partial charge in [-0.05, 0) is 44.0 Å². The van der Waals surface area contributed by atoms with Gasteiger partial charge in [0.1, 0.15) is 0 Å². The third-order valence-electron chi connectivity index (χ3n) is 8.01. The summed E-state index contributed by atoms with van der Waals surface area (Å²) in [6, 6.07) is 10.4. The molecule has 3 amide bonds. The van der Waals surface area contributed by atoms with Crippen molar-refractivity contribution in [2.24, 2.45) is 0 Å². The van der Waals surface area contributed by atoms with Crippen molar-refractivity contribution < 1.29 is 35.9 Å². The number of benzene rings is 2. The number of amides is 3. The maximum absolute atomic E-state index is 13.4. The van der Waals surface area contributed by atoms with Crippen molar-refractivity contribution in [3.63, 3.8) is 0 Å². The molecule has 2 atom stereocenters. The Balaban J connectivity index is 1.56. The molecule has 224 valence electrons. The van der Waals surface area contributed by atoms with Gasteiger partial charge in [-0.15, -0.1) is 0 Å². The van der Waals surface area contributed by atoms with Gasteiger partial charge in [0, 0.05) is 69.9 Å². The Morgan fingerprint density at radius 2 is 1.37 bits per heavy atom. The molecule has 0 unspecified atom stereocenters. The quantitative estimate of drug-likeness (QED) is 0.418. The first-order valence-corrected chi connectivity index (χ1v) is 13.7. The van der Waals surface area contributed by atoms with Crippen molar-refractivity contribution in [3.05, 3.63) is 70.8 Å². The van der Waals surface area contributed by atoms with E-state index in [9.17, 15) is 35.9 Å². The van der Waals surface area contributed by atoms with Crippen molar-refractivity contribution in [2.45, 2.75) is 44.6 Å². The highest BCUT2D eigenvalue weighted by atomic mass is 19.4. The van der Waals surface area contributed by atoms with Gasteiger partial charge in [-0.2, -0.15) is 26.3 Å². The first-order chi connectivity index (χ1) is 19.3. The van der Waals surface area contributed by atoms with Crippen molar-refractivity contribution in [3.8, 4) is 0 Å². The lowest BCUT2D eigenvalue weighted by molar-refractivity contribution is -0.143. The fourth-order valence-electron chi connectivity index (χ4n) is 5.79. The lowest BCUT2D eigenvalue weighted by atomic mass is 9.84. The molecule has 0 saturated carbocycles. The summed E-state index contributed by atoms with van der Waals surface area (Å²) in [6.07, 6.45) is -9.59. The Morgan fingerprint density at radius 1 is 0.805 bits per heavy atom. The topological polar surface area (TPSA) is 47.1 Å². The van der Waals surface area contributed by atoms with E-state index in [0.717, 1.165) is 5.56 Å². The van der Waals surface area contributed by atoms with Gasteiger partial charge in [0.05, 0.1) is 11.1 Å². The van der Waals surface area contributed by atoms with Crippen LogP contribution in [0.2, 0.25) is 0 Å². The minimum absolute atomic E-state index is 0.00557. The summed E-state index contributed by atoms with van der Waals surface area (Å²) in [4.78, 5) is 33.4. The molecular weight excluding hydrogens is 550 g/mol. The number of piperidine rings is 1. The molecule has 2 heterocycles. The predicted molar refractivity (Wildman–Crippen MR) is 141 cm³/mol. The van der Waals surface area contributed by atoms with Gasteiger partial charge in [0.2, 0.25) is 0 Å². The molecule has 0 radical (unpaired) electrons. The Kier molecular flexibility index (Phi) is 9.20. The SMILES string of the molecule is CCN(CC)C(=O)N1CCN([C@H]2CCN(C(=O)c3cc(C(F)(F)F)cc(C(F)(F)F)c3)C[C@H]2c2ccccc2)CC1. The highest BCUT2D eigenvalue weighted by Gasteiger charge is 2.40. The van der Waals surface area contributed by atoms with Crippen LogP contribution in [-0.4, -0.2) is 89.9 Å². The van der Waals surface area contributed by atoms with E-state index in [1.165, 1.54) is 4.90 Å². The molecule has 2 aliphatic heterocycles. The lowest BCUT2D eigenvalue weighted by Crippen LogP contribution is -2.58. The first kappa shape index (κ1) is 30.7. The van der Waals surface area contributed by atoms with E-state index < -0.39 is 35.0 Å². The summed E-state index contributed by atoms with van der Waals surface area (Å²) >= 11 is 0. The van der Waals surface area contributed by atoms with Gasteiger partial charge >= 0.3 is 18.4 Å². The van der Waals surface area contributed by atoms with Crippen LogP contribution in [0.1, 0.15) is 53.2 Å². The molecule has 41 heavy (non-hydrogen) atoms. The molecule has 6 nitrogen and oxygen atoms in total. The molecular formula is C29H34F6N4O2. The molecule has 2 fully saturated rings. The number of rotatable bonds is 5. The second-order valence-electron chi connectivity index (χ2n) is 10.4. The number of carbonyl (C=O) groups excluding carboxylic acids is 2. The maximum atomic E-state index is 13.4. The summed E-state index contributed by atoms with van der Waals surface area (Å²) < 4.78 is 80.5. The number of urea groups is 1. The third kappa shape index (κ3) is 6.97. The predicted octanol–water partition coefficient (Wildman–Crippen LogP) is 5.80. The summed E-state index contributed by atoms with van der Waals surface area (Å²) in [7, 11) is 0. The molecule has 2 aromatic carbocycles. The number of hydrogen-bond donors (Lipinski definition) is 0. The normalized spacial score (nSPS) is 20.7. The van der Waals surface area contributed by atoms with Gasteiger partial charge in [-0.25, -0.2) is 4.79 Å². The second kappa shape index (κ2) is 12.3. The van der Waals surface area contributed by atoms with E-state index >= 15 is 0 Å². The van der Waals surface area contributed by atoms with Crippen molar-refractivity contribution >= 4 is 11.9 Å². The Morgan fingerprint density at radius 3 is 1.88 bits per heavy atom. The zero-order valence-corrected chi connectivity index (χ0v) is 23.0. The molecule has 0 bridgehead atoms. The molecule has 0 N–H and O–H groups in total. The van der Waals surface area contributed by atoms with Crippen LogP contribution in [0.5, 0.6) is 0 Å². The molecule has 2 aromatic rings. The molecule has 0 spiro atoms. The number of carbonyl (C=O) groups is 2. The molecule has 2 aliphatic rings. The maximum Gasteiger partial charge on any atom is 0.416 e. The van der Waals surface area contributed by atoms with Crippen molar-refractivity contribution in [1.29, 1.82) is 0 Å². The van der Waals surface area contributed by atoms with Crippen LogP contribution in [0, 0.1) is 0 Å². The zero-order chi connectivity index (χ0) is 29.9. The second-order valence-corrected chi connectivity index (χ2v) is 10.4. The van der Waals surface area contributed by atoms with E-state index in [1.54, 1.807) is 4.90 Å². The van der Waals surface area contributed by atoms with Crippen LogP contribution < -0.4 is 0 Å². The molecule has 2 saturated heterocycles. The van der Waals surface area contributed by atoms with Crippen LogP contribution in [0.25, 0.3) is 0 Å². The Bertz CT molecular complexity index is 1180.